The fraction of sp³-hybridized carbons (Fsp3) is 0.0625. The lowest BCUT2D eigenvalue weighted by molar-refractivity contribution is 0.281. The maximum absolute atomic E-state index is 14.0. The van der Waals surface area contributed by atoms with Gasteiger partial charge in [-0.1, -0.05) is 33.2 Å². The number of halogens is 3. The van der Waals surface area contributed by atoms with Crippen LogP contribution in [0.25, 0.3) is 22.6 Å². The Bertz CT molecular complexity index is 833. The van der Waals surface area contributed by atoms with Crippen LogP contribution in [0, 0.1) is 11.6 Å². The molecule has 6 heteroatoms. The summed E-state index contributed by atoms with van der Waals surface area (Å²) in [7, 11) is 0. The highest BCUT2D eigenvalue weighted by Gasteiger charge is 2.22. The van der Waals surface area contributed by atoms with E-state index in [0.29, 0.717) is 4.47 Å². The average Bonchev–Trinajstić information content (AvgIpc) is 2.93. The van der Waals surface area contributed by atoms with Crippen molar-refractivity contribution in [2.45, 2.75) is 6.61 Å². The van der Waals surface area contributed by atoms with E-state index >= 15 is 0 Å². The molecule has 0 fully saturated rings. The molecular formula is C16H10BrF2NO2. The topological polar surface area (TPSA) is 46.3 Å². The lowest BCUT2D eigenvalue weighted by Crippen LogP contribution is -1.92. The van der Waals surface area contributed by atoms with Crippen LogP contribution >= 0.6 is 15.9 Å². The second-order valence-electron chi connectivity index (χ2n) is 4.60. The minimum absolute atomic E-state index is 0.0829. The largest absolute Gasteiger partial charge is 0.391 e. The first-order valence-electron chi connectivity index (χ1n) is 6.41. The van der Waals surface area contributed by atoms with E-state index in [9.17, 15) is 13.9 Å². The van der Waals surface area contributed by atoms with Crippen LogP contribution in [-0.4, -0.2) is 10.3 Å². The fourth-order valence-corrected chi connectivity index (χ4v) is 2.57. The molecule has 22 heavy (non-hydrogen) atoms. The van der Waals surface area contributed by atoms with Crippen molar-refractivity contribution in [2.24, 2.45) is 0 Å². The number of aromatic nitrogens is 1. The summed E-state index contributed by atoms with van der Waals surface area (Å²) >= 11 is 3.25. The monoisotopic (exact) mass is 365 g/mol. The smallest absolute Gasteiger partial charge is 0.175 e. The van der Waals surface area contributed by atoms with Gasteiger partial charge in [-0.15, -0.1) is 0 Å². The van der Waals surface area contributed by atoms with E-state index in [4.69, 9.17) is 4.52 Å². The molecule has 2 aromatic carbocycles. The Labute approximate surface area is 133 Å². The van der Waals surface area contributed by atoms with Gasteiger partial charge in [0.2, 0.25) is 0 Å². The van der Waals surface area contributed by atoms with Gasteiger partial charge < -0.3 is 9.63 Å². The molecule has 1 N–H and O–H groups in total. The molecule has 1 aromatic heterocycles. The van der Waals surface area contributed by atoms with E-state index in [1.165, 1.54) is 24.3 Å². The molecule has 0 bridgehead atoms. The summed E-state index contributed by atoms with van der Waals surface area (Å²) in [6, 6.07) is 10.3. The number of hydrogen-bond donors (Lipinski definition) is 1. The van der Waals surface area contributed by atoms with Crippen molar-refractivity contribution in [3.63, 3.8) is 0 Å². The van der Waals surface area contributed by atoms with Gasteiger partial charge in [0.15, 0.2) is 5.76 Å². The Balaban J connectivity index is 2.20. The van der Waals surface area contributed by atoms with Gasteiger partial charge in [0, 0.05) is 10.0 Å². The summed E-state index contributed by atoms with van der Waals surface area (Å²) in [4.78, 5) is 0. The molecule has 0 amide bonds. The molecular weight excluding hydrogens is 356 g/mol. The number of nitrogens with zero attached hydrogens (tertiary/aromatic N) is 1. The number of hydrogen-bond acceptors (Lipinski definition) is 3. The summed E-state index contributed by atoms with van der Waals surface area (Å²) in [5, 5.41) is 13.4. The SMILES string of the molecule is OCc1c(-c2ccccc2F)noc1-c1cc(Br)ccc1F. The van der Waals surface area contributed by atoms with Gasteiger partial charge in [-0.25, -0.2) is 8.78 Å². The molecule has 0 saturated heterocycles. The first-order valence-corrected chi connectivity index (χ1v) is 7.21. The Morgan fingerprint density at radius 2 is 1.77 bits per heavy atom. The molecule has 112 valence electrons. The Hall–Kier alpha value is -2.05. The normalized spacial score (nSPS) is 10.9. The Morgan fingerprint density at radius 1 is 1.05 bits per heavy atom. The maximum Gasteiger partial charge on any atom is 0.175 e. The van der Waals surface area contributed by atoms with Crippen LogP contribution in [0.5, 0.6) is 0 Å². The molecule has 0 spiro atoms. The van der Waals surface area contributed by atoms with Crippen LogP contribution in [0.15, 0.2) is 51.5 Å². The van der Waals surface area contributed by atoms with Crippen molar-refractivity contribution in [1.29, 1.82) is 0 Å². The van der Waals surface area contributed by atoms with E-state index in [2.05, 4.69) is 21.1 Å². The summed E-state index contributed by atoms with van der Waals surface area (Å²) in [5.41, 5.74) is 0.738. The molecule has 0 radical (unpaired) electrons. The molecule has 3 nitrogen and oxygen atoms in total. The molecule has 3 rings (SSSR count). The zero-order valence-electron chi connectivity index (χ0n) is 11.2. The van der Waals surface area contributed by atoms with Crippen LogP contribution in [0.3, 0.4) is 0 Å². The molecule has 0 saturated carbocycles. The van der Waals surface area contributed by atoms with Crippen molar-refractivity contribution < 1.29 is 18.4 Å². The fourth-order valence-electron chi connectivity index (χ4n) is 2.20. The molecule has 1 heterocycles. The third-order valence-corrected chi connectivity index (χ3v) is 3.74. The van der Waals surface area contributed by atoms with Gasteiger partial charge >= 0.3 is 0 Å². The zero-order chi connectivity index (χ0) is 15.7. The minimum atomic E-state index is -0.519. The molecule has 0 atom stereocenters. The molecule has 0 aliphatic carbocycles. The van der Waals surface area contributed by atoms with Crippen molar-refractivity contribution in [1.82, 2.24) is 5.16 Å². The maximum atomic E-state index is 14.0. The summed E-state index contributed by atoms with van der Waals surface area (Å²) < 4.78 is 33.7. The second kappa shape index (κ2) is 5.98. The average molecular weight is 366 g/mol. The Kier molecular flexibility index (Phi) is 4.04. The van der Waals surface area contributed by atoms with E-state index in [1.807, 2.05) is 0 Å². The van der Waals surface area contributed by atoms with Crippen LogP contribution < -0.4 is 0 Å². The van der Waals surface area contributed by atoms with Gasteiger partial charge in [-0.3, -0.25) is 0 Å². The van der Waals surface area contributed by atoms with E-state index < -0.39 is 18.2 Å². The van der Waals surface area contributed by atoms with Crippen LogP contribution in [0.1, 0.15) is 5.56 Å². The quantitative estimate of drug-likeness (QED) is 0.740. The number of benzene rings is 2. The molecule has 0 unspecified atom stereocenters. The number of aliphatic hydroxyl groups is 1. The highest BCUT2D eigenvalue weighted by Crippen LogP contribution is 2.35. The lowest BCUT2D eigenvalue weighted by Gasteiger charge is -2.04. The van der Waals surface area contributed by atoms with Crippen LogP contribution in [-0.2, 0) is 6.61 Å². The van der Waals surface area contributed by atoms with Gasteiger partial charge in [0.25, 0.3) is 0 Å². The number of aliphatic hydroxyl groups excluding tert-OH is 1. The van der Waals surface area contributed by atoms with Crippen molar-refractivity contribution >= 4 is 15.9 Å². The highest BCUT2D eigenvalue weighted by molar-refractivity contribution is 9.10. The highest BCUT2D eigenvalue weighted by atomic mass is 79.9. The van der Waals surface area contributed by atoms with Crippen molar-refractivity contribution in [2.75, 3.05) is 0 Å². The Morgan fingerprint density at radius 3 is 2.50 bits per heavy atom. The van der Waals surface area contributed by atoms with E-state index in [1.54, 1.807) is 18.2 Å². The third kappa shape index (κ3) is 2.55. The molecule has 0 aliphatic rings. The standard InChI is InChI=1S/C16H10BrF2NO2/c17-9-5-6-14(19)11(7-9)16-12(8-21)15(20-22-16)10-3-1-2-4-13(10)18/h1-7,21H,8H2. The summed E-state index contributed by atoms with van der Waals surface area (Å²) in [6.07, 6.45) is 0. The zero-order valence-corrected chi connectivity index (χ0v) is 12.8. The van der Waals surface area contributed by atoms with Crippen LogP contribution in [0.2, 0.25) is 0 Å². The third-order valence-electron chi connectivity index (χ3n) is 3.25. The predicted molar refractivity (Wildman–Crippen MR) is 80.9 cm³/mol. The second-order valence-corrected chi connectivity index (χ2v) is 5.52. The summed E-state index contributed by atoms with van der Waals surface area (Å²) in [5.74, 6) is -0.930. The van der Waals surface area contributed by atoms with Gasteiger partial charge in [0.05, 0.1) is 17.7 Å². The summed E-state index contributed by atoms with van der Waals surface area (Å²) in [6.45, 7) is -0.450. The van der Waals surface area contributed by atoms with E-state index in [0.717, 1.165) is 0 Å². The van der Waals surface area contributed by atoms with Crippen LogP contribution in [0.4, 0.5) is 8.78 Å². The minimum Gasteiger partial charge on any atom is -0.391 e. The van der Waals surface area contributed by atoms with Crippen molar-refractivity contribution in [3.8, 4) is 22.6 Å². The first-order chi connectivity index (χ1) is 10.6. The first kappa shape index (κ1) is 14.9. The lowest BCUT2D eigenvalue weighted by atomic mass is 10.0. The van der Waals surface area contributed by atoms with E-state index in [-0.39, 0.29) is 28.1 Å². The molecule has 3 aromatic rings. The predicted octanol–water partition coefficient (Wildman–Crippen LogP) is 4.54. The van der Waals surface area contributed by atoms with Crippen molar-refractivity contribution in [3.05, 3.63) is 64.1 Å². The van der Waals surface area contributed by atoms with Gasteiger partial charge in [0.1, 0.15) is 17.3 Å². The van der Waals surface area contributed by atoms with Gasteiger partial charge in [-0.05, 0) is 30.3 Å². The molecule has 0 aliphatic heterocycles. The number of rotatable bonds is 3. The van der Waals surface area contributed by atoms with Gasteiger partial charge in [-0.2, -0.15) is 0 Å².